The predicted octanol–water partition coefficient (Wildman–Crippen LogP) is 4.88. The zero-order chi connectivity index (χ0) is 21.9. The van der Waals surface area contributed by atoms with Gasteiger partial charge in [0.05, 0.1) is 5.56 Å². The molecule has 1 atom stereocenters. The average molecular weight is 410 g/mol. The van der Waals surface area contributed by atoms with Crippen molar-refractivity contribution in [3.05, 3.63) is 59.7 Å². The maximum Gasteiger partial charge on any atom is 0.253 e. The number of carbonyl (C=O) groups excluding carboxylic acids is 2. The quantitative estimate of drug-likeness (QED) is 0.556. The number of rotatable bonds is 11. The van der Waals surface area contributed by atoms with Crippen molar-refractivity contribution in [2.45, 2.75) is 46.0 Å². The summed E-state index contributed by atoms with van der Waals surface area (Å²) >= 11 is 0. The highest BCUT2D eigenvalue weighted by atomic mass is 16.2. The van der Waals surface area contributed by atoms with Gasteiger partial charge in [-0.05, 0) is 43.0 Å². The monoisotopic (exact) mass is 409 g/mol. The number of anilines is 2. The molecule has 0 aliphatic rings. The van der Waals surface area contributed by atoms with E-state index in [1.165, 1.54) is 5.56 Å². The summed E-state index contributed by atoms with van der Waals surface area (Å²) < 4.78 is 0. The molecular weight excluding hydrogens is 374 g/mol. The summed E-state index contributed by atoms with van der Waals surface area (Å²) in [5.41, 5.74) is 3.23. The molecule has 0 bridgehead atoms. The van der Waals surface area contributed by atoms with Crippen LogP contribution in [0.25, 0.3) is 0 Å². The highest BCUT2D eigenvalue weighted by Crippen LogP contribution is 2.24. The molecule has 0 aliphatic heterocycles. The number of benzene rings is 2. The Morgan fingerprint density at radius 2 is 1.77 bits per heavy atom. The molecular formula is C25H35N3O2. The fourth-order valence-corrected chi connectivity index (χ4v) is 3.46. The zero-order valence-electron chi connectivity index (χ0n) is 18.7. The third-order valence-corrected chi connectivity index (χ3v) is 5.30. The van der Waals surface area contributed by atoms with E-state index in [4.69, 9.17) is 0 Å². The van der Waals surface area contributed by atoms with Crippen molar-refractivity contribution in [2.24, 2.45) is 5.92 Å². The maximum absolute atomic E-state index is 12.9. The number of carbonyl (C=O) groups is 2. The Morgan fingerprint density at radius 1 is 1.03 bits per heavy atom. The molecule has 0 spiro atoms. The van der Waals surface area contributed by atoms with Gasteiger partial charge < -0.3 is 15.5 Å². The van der Waals surface area contributed by atoms with Gasteiger partial charge in [0.1, 0.15) is 0 Å². The molecule has 2 aromatic rings. The Kier molecular flexibility index (Phi) is 9.39. The predicted molar refractivity (Wildman–Crippen MR) is 125 cm³/mol. The summed E-state index contributed by atoms with van der Waals surface area (Å²) in [7, 11) is 3.82. The number of nitrogens with one attached hydrogen (secondary N) is 2. The van der Waals surface area contributed by atoms with Gasteiger partial charge in [-0.25, -0.2) is 0 Å². The van der Waals surface area contributed by atoms with Crippen molar-refractivity contribution in [1.82, 2.24) is 5.32 Å². The van der Waals surface area contributed by atoms with E-state index < -0.39 is 0 Å². The SMILES string of the molecule is CCCC[C@@H](CC)C(=O)Nc1ccc(N(C)C)c(C(=O)NCCc2ccccc2)c1. The summed E-state index contributed by atoms with van der Waals surface area (Å²) in [6.07, 6.45) is 4.60. The van der Waals surface area contributed by atoms with Crippen LogP contribution in [-0.4, -0.2) is 32.5 Å². The normalized spacial score (nSPS) is 11.6. The van der Waals surface area contributed by atoms with E-state index in [0.29, 0.717) is 17.8 Å². The topological polar surface area (TPSA) is 61.4 Å². The lowest BCUT2D eigenvalue weighted by molar-refractivity contribution is -0.120. The summed E-state index contributed by atoms with van der Waals surface area (Å²) in [6, 6.07) is 15.6. The molecule has 5 heteroatoms. The van der Waals surface area contributed by atoms with Crippen LogP contribution >= 0.6 is 0 Å². The van der Waals surface area contributed by atoms with Gasteiger partial charge in [-0.1, -0.05) is 57.0 Å². The van der Waals surface area contributed by atoms with Gasteiger partial charge in [0, 0.05) is 37.9 Å². The van der Waals surface area contributed by atoms with Crippen molar-refractivity contribution in [3.8, 4) is 0 Å². The minimum Gasteiger partial charge on any atom is -0.377 e. The molecule has 0 aromatic heterocycles. The second-order valence-electron chi connectivity index (χ2n) is 7.85. The van der Waals surface area contributed by atoms with Crippen molar-refractivity contribution >= 4 is 23.2 Å². The third-order valence-electron chi connectivity index (χ3n) is 5.30. The van der Waals surface area contributed by atoms with Crippen molar-refractivity contribution in [3.63, 3.8) is 0 Å². The smallest absolute Gasteiger partial charge is 0.253 e. The molecule has 2 N–H and O–H groups in total. The van der Waals surface area contributed by atoms with Crippen LogP contribution in [0.3, 0.4) is 0 Å². The van der Waals surface area contributed by atoms with Crippen LogP contribution in [-0.2, 0) is 11.2 Å². The van der Waals surface area contributed by atoms with Crippen LogP contribution in [0.1, 0.15) is 55.5 Å². The molecule has 0 saturated carbocycles. The second kappa shape index (κ2) is 12.0. The largest absolute Gasteiger partial charge is 0.377 e. The van der Waals surface area contributed by atoms with Crippen LogP contribution in [0.2, 0.25) is 0 Å². The van der Waals surface area contributed by atoms with Gasteiger partial charge >= 0.3 is 0 Å². The van der Waals surface area contributed by atoms with Crippen molar-refractivity contribution in [1.29, 1.82) is 0 Å². The van der Waals surface area contributed by atoms with Crippen LogP contribution in [0.4, 0.5) is 11.4 Å². The van der Waals surface area contributed by atoms with E-state index in [0.717, 1.165) is 37.8 Å². The molecule has 0 radical (unpaired) electrons. The lowest BCUT2D eigenvalue weighted by atomic mass is 9.98. The van der Waals surface area contributed by atoms with Crippen LogP contribution in [0.5, 0.6) is 0 Å². The Balaban J connectivity index is 2.09. The molecule has 2 rings (SSSR count). The number of hydrogen-bond acceptors (Lipinski definition) is 3. The molecule has 2 aromatic carbocycles. The fraction of sp³-hybridized carbons (Fsp3) is 0.440. The Hall–Kier alpha value is -2.82. The maximum atomic E-state index is 12.9. The highest BCUT2D eigenvalue weighted by molar-refractivity contribution is 6.02. The van der Waals surface area contributed by atoms with Crippen LogP contribution in [0, 0.1) is 5.92 Å². The molecule has 0 aliphatic carbocycles. The molecule has 0 heterocycles. The first-order valence-electron chi connectivity index (χ1n) is 10.9. The molecule has 5 nitrogen and oxygen atoms in total. The first-order chi connectivity index (χ1) is 14.5. The van der Waals surface area contributed by atoms with Gasteiger partial charge in [-0.3, -0.25) is 9.59 Å². The Labute approximate surface area is 180 Å². The van der Waals surface area contributed by atoms with E-state index in [9.17, 15) is 9.59 Å². The number of hydrogen-bond donors (Lipinski definition) is 2. The minimum atomic E-state index is -0.135. The molecule has 0 fully saturated rings. The minimum absolute atomic E-state index is 0.00150. The number of amides is 2. The van der Waals surface area contributed by atoms with Crippen molar-refractivity contribution in [2.75, 3.05) is 30.9 Å². The first kappa shape index (κ1) is 23.5. The van der Waals surface area contributed by atoms with Gasteiger partial charge in [-0.15, -0.1) is 0 Å². The third kappa shape index (κ3) is 6.90. The Bertz CT molecular complexity index is 818. The molecule has 0 saturated heterocycles. The zero-order valence-corrected chi connectivity index (χ0v) is 18.7. The fourth-order valence-electron chi connectivity index (χ4n) is 3.46. The molecule has 0 unspecified atom stereocenters. The van der Waals surface area contributed by atoms with E-state index in [1.54, 1.807) is 6.07 Å². The van der Waals surface area contributed by atoms with E-state index in [-0.39, 0.29) is 17.7 Å². The van der Waals surface area contributed by atoms with Crippen molar-refractivity contribution < 1.29 is 9.59 Å². The Morgan fingerprint density at radius 3 is 2.40 bits per heavy atom. The van der Waals surface area contributed by atoms with E-state index in [2.05, 4.69) is 29.7 Å². The summed E-state index contributed by atoms with van der Waals surface area (Å²) in [4.78, 5) is 27.4. The summed E-state index contributed by atoms with van der Waals surface area (Å²) in [5, 5.41) is 6.01. The average Bonchev–Trinajstić information content (AvgIpc) is 2.74. The van der Waals surface area contributed by atoms with Gasteiger partial charge in [-0.2, -0.15) is 0 Å². The summed E-state index contributed by atoms with van der Waals surface area (Å²) in [6.45, 7) is 4.73. The first-order valence-corrected chi connectivity index (χ1v) is 10.9. The standard InChI is InChI=1S/C25H35N3O2/c1-5-7-13-20(6-2)24(29)27-21-14-15-23(28(3)4)22(18-21)25(30)26-17-16-19-11-9-8-10-12-19/h8-12,14-15,18,20H,5-7,13,16-17H2,1-4H3,(H,26,30)(H,27,29)/t20-/m1/s1. The highest BCUT2D eigenvalue weighted by Gasteiger charge is 2.18. The van der Waals surface area contributed by atoms with E-state index >= 15 is 0 Å². The van der Waals surface area contributed by atoms with Gasteiger partial charge in [0.15, 0.2) is 0 Å². The lowest BCUT2D eigenvalue weighted by Gasteiger charge is -2.20. The number of nitrogens with zero attached hydrogens (tertiary/aromatic N) is 1. The summed E-state index contributed by atoms with van der Waals surface area (Å²) in [5.74, 6) is -0.107. The molecule has 30 heavy (non-hydrogen) atoms. The van der Waals surface area contributed by atoms with Crippen LogP contribution in [0.15, 0.2) is 48.5 Å². The van der Waals surface area contributed by atoms with Gasteiger partial charge in [0.2, 0.25) is 5.91 Å². The van der Waals surface area contributed by atoms with Gasteiger partial charge in [0.25, 0.3) is 5.91 Å². The molecule has 162 valence electrons. The number of unbranched alkanes of at least 4 members (excludes halogenated alkanes) is 1. The second-order valence-corrected chi connectivity index (χ2v) is 7.85. The molecule has 2 amide bonds. The lowest BCUT2D eigenvalue weighted by Crippen LogP contribution is -2.28. The van der Waals surface area contributed by atoms with Crippen LogP contribution < -0.4 is 15.5 Å². The van der Waals surface area contributed by atoms with E-state index in [1.807, 2.05) is 56.3 Å².